The largest absolute Gasteiger partial charge is 0.494 e. The van der Waals surface area contributed by atoms with Crippen LogP contribution >= 0.6 is 11.8 Å². The zero-order chi connectivity index (χ0) is 19.5. The topological polar surface area (TPSA) is 67.4 Å². The molecule has 2 rings (SSSR count). The molecule has 0 atom stereocenters. The fourth-order valence-electron chi connectivity index (χ4n) is 2.22. The summed E-state index contributed by atoms with van der Waals surface area (Å²) in [5, 5.41) is 5.35. The van der Waals surface area contributed by atoms with Crippen LogP contribution in [0.25, 0.3) is 0 Å². The van der Waals surface area contributed by atoms with Crippen molar-refractivity contribution in [1.29, 1.82) is 0 Å². The normalized spacial score (nSPS) is 10.3. The van der Waals surface area contributed by atoms with E-state index in [1.165, 1.54) is 12.1 Å². The van der Waals surface area contributed by atoms with E-state index in [1.807, 2.05) is 6.92 Å². The molecule has 0 saturated heterocycles. The molecule has 0 unspecified atom stereocenters. The highest BCUT2D eigenvalue weighted by Crippen LogP contribution is 2.18. The van der Waals surface area contributed by atoms with Gasteiger partial charge in [-0.15, -0.1) is 11.8 Å². The molecule has 144 valence electrons. The van der Waals surface area contributed by atoms with Gasteiger partial charge in [-0.1, -0.05) is 0 Å². The van der Waals surface area contributed by atoms with Crippen LogP contribution in [0.2, 0.25) is 0 Å². The standard InChI is InChI=1S/C20H23FN2O3S/c1-2-26-17-8-4-15(5-9-17)20(25)23-14-19(24)22-12-3-13-27-18-10-6-16(21)7-11-18/h4-11H,2-3,12-14H2,1H3,(H,22,24)(H,23,25). The number of halogens is 1. The van der Waals surface area contributed by atoms with Crippen LogP contribution in [0.3, 0.4) is 0 Å². The Morgan fingerprint density at radius 3 is 2.41 bits per heavy atom. The highest BCUT2D eigenvalue weighted by atomic mass is 32.2. The first-order valence-electron chi connectivity index (χ1n) is 8.74. The van der Waals surface area contributed by atoms with E-state index in [-0.39, 0.29) is 24.2 Å². The summed E-state index contributed by atoms with van der Waals surface area (Å²) in [6, 6.07) is 13.1. The molecule has 0 aliphatic rings. The van der Waals surface area contributed by atoms with Crippen LogP contribution in [-0.4, -0.2) is 37.3 Å². The van der Waals surface area contributed by atoms with E-state index in [0.29, 0.717) is 24.5 Å². The lowest BCUT2D eigenvalue weighted by Crippen LogP contribution is -2.37. The van der Waals surface area contributed by atoms with Gasteiger partial charge in [0, 0.05) is 17.0 Å². The Bertz CT molecular complexity index is 736. The monoisotopic (exact) mass is 390 g/mol. The molecule has 0 aliphatic heterocycles. The zero-order valence-electron chi connectivity index (χ0n) is 15.2. The molecule has 0 aliphatic carbocycles. The second kappa shape index (κ2) is 11.2. The molecule has 2 amide bonds. The van der Waals surface area contributed by atoms with Crippen molar-refractivity contribution in [1.82, 2.24) is 10.6 Å². The highest BCUT2D eigenvalue weighted by Gasteiger charge is 2.08. The molecule has 5 nitrogen and oxygen atoms in total. The maximum atomic E-state index is 12.8. The molecule has 0 radical (unpaired) electrons. The maximum absolute atomic E-state index is 12.8. The van der Waals surface area contributed by atoms with Crippen LogP contribution in [0, 0.1) is 5.82 Å². The number of rotatable bonds is 10. The van der Waals surface area contributed by atoms with Crippen molar-refractivity contribution in [3.63, 3.8) is 0 Å². The van der Waals surface area contributed by atoms with Gasteiger partial charge in [0.05, 0.1) is 13.2 Å². The number of nitrogens with one attached hydrogen (secondary N) is 2. The van der Waals surface area contributed by atoms with Gasteiger partial charge in [-0.3, -0.25) is 9.59 Å². The fourth-order valence-corrected chi connectivity index (χ4v) is 3.07. The van der Waals surface area contributed by atoms with Gasteiger partial charge in [0.1, 0.15) is 11.6 Å². The first-order valence-corrected chi connectivity index (χ1v) is 9.73. The van der Waals surface area contributed by atoms with Crippen LogP contribution in [0.4, 0.5) is 4.39 Å². The van der Waals surface area contributed by atoms with Crippen molar-refractivity contribution >= 4 is 23.6 Å². The fraction of sp³-hybridized carbons (Fsp3) is 0.300. The lowest BCUT2D eigenvalue weighted by molar-refractivity contribution is -0.120. The smallest absolute Gasteiger partial charge is 0.251 e. The van der Waals surface area contributed by atoms with E-state index in [4.69, 9.17) is 4.74 Å². The third kappa shape index (κ3) is 7.70. The molecule has 0 bridgehead atoms. The van der Waals surface area contributed by atoms with Crippen molar-refractivity contribution in [3.05, 3.63) is 59.9 Å². The molecule has 0 saturated carbocycles. The third-order valence-corrected chi connectivity index (χ3v) is 4.66. The minimum atomic E-state index is -0.305. The van der Waals surface area contributed by atoms with Crippen molar-refractivity contribution in [3.8, 4) is 5.75 Å². The average Bonchev–Trinajstić information content (AvgIpc) is 2.68. The van der Waals surface area contributed by atoms with Gasteiger partial charge in [0.15, 0.2) is 0 Å². The number of hydrogen-bond donors (Lipinski definition) is 2. The number of benzene rings is 2. The minimum Gasteiger partial charge on any atom is -0.494 e. The second-order valence-corrected chi connectivity index (χ2v) is 6.81. The first-order chi connectivity index (χ1) is 13.1. The van der Waals surface area contributed by atoms with Crippen molar-refractivity contribution in [2.75, 3.05) is 25.4 Å². The van der Waals surface area contributed by atoms with Crippen molar-refractivity contribution in [2.45, 2.75) is 18.2 Å². The SMILES string of the molecule is CCOc1ccc(C(=O)NCC(=O)NCCCSc2ccc(F)cc2)cc1. The summed E-state index contributed by atoms with van der Waals surface area (Å²) < 4.78 is 18.1. The molecular weight excluding hydrogens is 367 g/mol. The maximum Gasteiger partial charge on any atom is 0.251 e. The third-order valence-electron chi connectivity index (χ3n) is 3.56. The Hall–Kier alpha value is -2.54. The van der Waals surface area contributed by atoms with Crippen LogP contribution in [-0.2, 0) is 4.79 Å². The number of ether oxygens (including phenoxy) is 1. The van der Waals surface area contributed by atoms with Gasteiger partial charge in [-0.2, -0.15) is 0 Å². The number of carbonyl (C=O) groups excluding carboxylic acids is 2. The van der Waals surface area contributed by atoms with E-state index in [2.05, 4.69) is 10.6 Å². The molecule has 7 heteroatoms. The van der Waals surface area contributed by atoms with E-state index in [1.54, 1.807) is 48.2 Å². The Kier molecular flexibility index (Phi) is 8.64. The quantitative estimate of drug-likeness (QED) is 0.483. The van der Waals surface area contributed by atoms with Gasteiger partial charge in [-0.05, 0) is 67.6 Å². The second-order valence-electron chi connectivity index (χ2n) is 5.65. The summed E-state index contributed by atoms with van der Waals surface area (Å²) in [6.45, 7) is 2.90. The van der Waals surface area contributed by atoms with Crippen LogP contribution in [0.5, 0.6) is 5.75 Å². The average molecular weight is 390 g/mol. The Morgan fingerprint density at radius 1 is 1.04 bits per heavy atom. The highest BCUT2D eigenvalue weighted by molar-refractivity contribution is 7.99. The summed E-state index contributed by atoms with van der Waals surface area (Å²) in [5.41, 5.74) is 0.474. The molecule has 0 spiro atoms. The van der Waals surface area contributed by atoms with Gasteiger partial charge in [0.25, 0.3) is 5.91 Å². The van der Waals surface area contributed by atoms with Crippen LogP contribution < -0.4 is 15.4 Å². The van der Waals surface area contributed by atoms with Gasteiger partial charge < -0.3 is 15.4 Å². The van der Waals surface area contributed by atoms with Crippen molar-refractivity contribution in [2.24, 2.45) is 0 Å². The predicted octanol–water partition coefficient (Wildman–Crippen LogP) is 3.25. The molecule has 2 N–H and O–H groups in total. The van der Waals surface area contributed by atoms with Gasteiger partial charge in [0.2, 0.25) is 5.91 Å². The number of amides is 2. The zero-order valence-corrected chi connectivity index (χ0v) is 16.0. The Balaban J connectivity index is 1.59. The lowest BCUT2D eigenvalue weighted by atomic mass is 10.2. The molecule has 2 aromatic rings. The van der Waals surface area contributed by atoms with Gasteiger partial charge >= 0.3 is 0 Å². The summed E-state index contributed by atoms with van der Waals surface area (Å²) in [7, 11) is 0. The lowest BCUT2D eigenvalue weighted by Gasteiger charge is -2.08. The molecule has 2 aromatic carbocycles. The number of thioether (sulfide) groups is 1. The predicted molar refractivity (Wildman–Crippen MR) is 105 cm³/mol. The molecule has 0 heterocycles. The minimum absolute atomic E-state index is 0.0723. The van der Waals surface area contributed by atoms with E-state index < -0.39 is 0 Å². The van der Waals surface area contributed by atoms with E-state index >= 15 is 0 Å². The summed E-state index contributed by atoms with van der Waals surface area (Å²) in [4.78, 5) is 24.8. The molecular formula is C20H23FN2O3S. The molecule has 0 aromatic heterocycles. The summed E-state index contributed by atoms with van der Waals surface area (Å²) in [5.74, 6) is 0.718. The summed E-state index contributed by atoms with van der Waals surface area (Å²) in [6.07, 6.45) is 0.778. The molecule has 0 fully saturated rings. The Labute approximate surface area is 162 Å². The van der Waals surface area contributed by atoms with E-state index in [9.17, 15) is 14.0 Å². The first kappa shape index (κ1) is 20.8. The number of carbonyl (C=O) groups is 2. The van der Waals surface area contributed by atoms with Crippen LogP contribution in [0.15, 0.2) is 53.4 Å². The summed E-state index contributed by atoms with van der Waals surface area (Å²) >= 11 is 1.60. The van der Waals surface area contributed by atoms with E-state index in [0.717, 1.165) is 17.1 Å². The number of hydrogen-bond acceptors (Lipinski definition) is 4. The Morgan fingerprint density at radius 2 is 1.74 bits per heavy atom. The van der Waals surface area contributed by atoms with Crippen LogP contribution in [0.1, 0.15) is 23.7 Å². The van der Waals surface area contributed by atoms with Crippen molar-refractivity contribution < 1.29 is 18.7 Å². The van der Waals surface area contributed by atoms with Gasteiger partial charge in [-0.25, -0.2) is 4.39 Å². The molecule has 27 heavy (non-hydrogen) atoms.